The second-order valence-corrected chi connectivity index (χ2v) is 6.82. The standard InChI is InChI=1S/C21H17F3N4O5/c1-11-17(28-33-27-11)19(30)25-10-12-6-14(20(31)32-2)9-16(7-12)26-18(29)13-4-3-5-15(8-13)21(22,23)24/h3-9H,10H2,1-2H3,(H,25,30)(H,26,29). The average molecular weight is 462 g/mol. The highest BCUT2D eigenvalue weighted by Gasteiger charge is 2.31. The first kappa shape index (κ1) is 23.4. The van der Waals surface area contributed by atoms with Crippen LogP contribution in [0.15, 0.2) is 47.1 Å². The first-order valence-electron chi connectivity index (χ1n) is 9.36. The number of ether oxygens (including phenoxy) is 1. The minimum atomic E-state index is -4.61. The van der Waals surface area contributed by atoms with Crippen LogP contribution in [0.25, 0.3) is 0 Å². The Balaban J connectivity index is 1.82. The van der Waals surface area contributed by atoms with E-state index in [9.17, 15) is 27.6 Å². The summed E-state index contributed by atoms with van der Waals surface area (Å²) >= 11 is 0. The van der Waals surface area contributed by atoms with Crippen molar-refractivity contribution in [1.82, 2.24) is 15.6 Å². The molecule has 1 aromatic heterocycles. The van der Waals surface area contributed by atoms with Crippen molar-refractivity contribution in [2.75, 3.05) is 12.4 Å². The van der Waals surface area contributed by atoms with E-state index in [1.165, 1.54) is 31.2 Å². The van der Waals surface area contributed by atoms with Gasteiger partial charge >= 0.3 is 12.1 Å². The highest BCUT2D eigenvalue weighted by atomic mass is 19.4. The summed E-state index contributed by atoms with van der Waals surface area (Å²) in [5.41, 5.74) is -0.356. The predicted molar refractivity (Wildman–Crippen MR) is 107 cm³/mol. The molecule has 0 saturated carbocycles. The molecular formula is C21H17F3N4O5. The van der Waals surface area contributed by atoms with Gasteiger partial charge in [0.2, 0.25) is 0 Å². The van der Waals surface area contributed by atoms with Crippen molar-refractivity contribution in [1.29, 1.82) is 0 Å². The number of hydrogen-bond donors (Lipinski definition) is 2. The second-order valence-electron chi connectivity index (χ2n) is 6.82. The molecule has 3 aromatic rings. The van der Waals surface area contributed by atoms with Gasteiger partial charge in [0.05, 0.1) is 18.2 Å². The normalized spacial score (nSPS) is 11.1. The lowest BCUT2D eigenvalue weighted by Crippen LogP contribution is -2.24. The number of nitrogens with one attached hydrogen (secondary N) is 2. The summed E-state index contributed by atoms with van der Waals surface area (Å²) in [6, 6.07) is 8.09. The van der Waals surface area contributed by atoms with Gasteiger partial charge in [-0.25, -0.2) is 9.42 Å². The van der Waals surface area contributed by atoms with Gasteiger partial charge in [-0.15, -0.1) is 0 Å². The van der Waals surface area contributed by atoms with Crippen molar-refractivity contribution in [3.63, 3.8) is 0 Å². The molecule has 0 aliphatic heterocycles. The monoisotopic (exact) mass is 462 g/mol. The van der Waals surface area contributed by atoms with Crippen LogP contribution >= 0.6 is 0 Å². The molecule has 0 aliphatic carbocycles. The van der Waals surface area contributed by atoms with Gasteiger partial charge in [0, 0.05) is 17.8 Å². The van der Waals surface area contributed by atoms with E-state index in [0.29, 0.717) is 5.56 Å². The van der Waals surface area contributed by atoms with Gasteiger partial charge in [-0.3, -0.25) is 9.59 Å². The molecule has 0 unspecified atom stereocenters. The number of hydrogen-bond acceptors (Lipinski definition) is 7. The van der Waals surface area contributed by atoms with Crippen LogP contribution in [0.1, 0.15) is 48.0 Å². The van der Waals surface area contributed by atoms with E-state index in [4.69, 9.17) is 4.74 Å². The lowest BCUT2D eigenvalue weighted by Gasteiger charge is -2.12. The number of aromatic nitrogens is 2. The van der Waals surface area contributed by atoms with Gasteiger partial charge in [-0.2, -0.15) is 13.2 Å². The van der Waals surface area contributed by atoms with E-state index >= 15 is 0 Å². The first-order chi connectivity index (χ1) is 15.6. The highest BCUT2D eigenvalue weighted by Crippen LogP contribution is 2.29. The van der Waals surface area contributed by atoms with Crippen molar-refractivity contribution in [2.24, 2.45) is 0 Å². The van der Waals surface area contributed by atoms with Gasteiger partial charge in [0.15, 0.2) is 5.69 Å². The molecular weight excluding hydrogens is 445 g/mol. The Hall–Kier alpha value is -4.22. The van der Waals surface area contributed by atoms with E-state index in [1.807, 2.05) is 0 Å². The number of carbonyl (C=O) groups is 3. The lowest BCUT2D eigenvalue weighted by molar-refractivity contribution is -0.137. The van der Waals surface area contributed by atoms with Crippen molar-refractivity contribution >= 4 is 23.5 Å². The van der Waals surface area contributed by atoms with Crippen LogP contribution in [-0.2, 0) is 17.5 Å². The Bertz CT molecular complexity index is 1210. The summed E-state index contributed by atoms with van der Waals surface area (Å²) < 4.78 is 48.0. The summed E-state index contributed by atoms with van der Waals surface area (Å²) in [7, 11) is 1.16. The second kappa shape index (κ2) is 9.51. The molecule has 0 bridgehead atoms. The molecule has 3 rings (SSSR count). The molecule has 2 N–H and O–H groups in total. The summed E-state index contributed by atoms with van der Waals surface area (Å²) in [5, 5.41) is 12.0. The lowest BCUT2D eigenvalue weighted by atomic mass is 10.1. The zero-order valence-electron chi connectivity index (χ0n) is 17.3. The molecule has 33 heavy (non-hydrogen) atoms. The maximum Gasteiger partial charge on any atom is 0.416 e. The van der Waals surface area contributed by atoms with E-state index in [-0.39, 0.29) is 34.7 Å². The minimum Gasteiger partial charge on any atom is -0.465 e. The molecule has 172 valence electrons. The topological polar surface area (TPSA) is 123 Å². The summed E-state index contributed by atoms with van der Waals surface area (Å²) in [5.74, 6) is -2.11. The molecule has 0 spiro atoms. The maximum atomic E-state index is 12.9. The number of methoxy groups -OCH3 is 1. The number of alkyl halides is 3. The smallest absolute Gasteiger partial charge is 0.416 e. The number of amides is 2. The Kier molecular flexibility index (Phi) is 6.75. The first-order valence-corrected chi connectivity index (χ1v) is 9.36. The van der Waals surface area contributed by atoms with Crippen LogP contribution in [-0.4, -0.2) is 35.2 Å². The highest BCUT2D eigenvalue weighted by molar-refractivity contribution is 6.05. The molecule has 0 fully saturated rings. The number of anilines is 1. The molecule has 1 heterocycles. The van der Waals surface area contributed by atoms with Gasteiger partial charge in [0.25, 0.3) is 11.8 Å². The third-order valence-corrected chi connectivity index (χ3v) is 4.44. The van der Waals surface area contributed by atoms with Gasteiger partial charge < -0.3 is 15.4 Å². The van der Waals surface area contributed by atoms with Crippen molar-refractivity contribution in [3.8, 4) is 0 Å². The number of aryl methyl sites for hydroxylation is 1. The SMILES string of the molecule is COC(=O)c1cc(CNC(=O)c2nonc2C)cc(NC(=O)c2cccc(C(F)(F)F)c2)c1. The number of rotatable bonds is 6. The van der Waals surface area contributed by atoms with E-state index < -0.39 is 29.5 Å². The largest absolute Gasteiger partial charge is 0.465 e. The Morgan fingerprint density at radius 3 is 2.42 bits per heavy atom. The Morgan fingerprint density at radius 2 is 1.79 bits per heavy atom. The van der Waals surface area contributed by atoms with Gasteiger partial charge in [0.1, 0.15) is 5.69 Å². The number of carbonyl (C=O) groups excluding carboxylic acids is 3. The third kappa shape index (κ3) is 5.73. The third-order valence-electron chi connectivity index (χ3n) is 4.44. The number of nitrogens with zero attached hydrogens (tertiary/aromatic N) is 2. The minimum absolute atomic E-state index is 0.0165. The van der Waals surface area contributed by atoms with Crippen LogP contribution in [0.4, 0.5) is 18.9 Å². The summed E-state index contributed by atoms with van der Waals surface area (Å²) in [6.45, 7) is 1.47. The molecule has 2 amide bonds. The molecule has 2 aromatic carbocycles. The zero-order valence-corrected chi connectivity index (χ0v) is 17.3. The quantitative estimate of drug-likeness (QED) is 0.539. The van der Waals surface area contributed by atoms with Crippen molar-refractivity contribution in [3.05, 3.63) is 76.1 Å². The van der Waals surface area contributed by atoms with Crippen LogP contribution in [0.3, 0.4) is 0 Å². The molecule has 9 nitrogen and oxygen atoms in total. The fraction of sp³-hybridized carbons (Fsp3) is 0.190. The predicted octanol–water partition coefficient (Wildman–Crippen LogP) is 3.37. The summed E-state index contributed by atoms with van der Waals surface area (Å²) in [6.07, 6.45) is -4.61. The average Bonchev–Trinajstić information content (AvgIpc) is 3.22. The fourth-order valence-corrected chi connectivity index (χ4v) is 2.85. The van der Waals surface area contributed by atoms with Gasteiger partial charge in [-0.1, -0.05) is 11.2 Å². The van der Waals surface area contributed by atoms with E-state index in [2.05, 4.69) is 25.6 Å². The molecule has 0 atom stereocenters. The van der Waals surface area contributed by atoms with Crippen LogP contribution < -0.4 is 10.6 Å². The maximum absolute atomic E-state index is 12.9. The summed E-state index contributed by atoms with van der Waals surface area (Å²) in [4.78, 5) is 36.8. The molecule has 0 aliphatic rings. The van der Waals surface area contributed by atoms with Crippen LogP contribution in [0.5, 0.6) is 0 Å². The van der Waals surface area contributed by atoms with Gasteiger partial charge in [-0.05, 0) is 54.0 Å². The van der Waals surface area contributed by atoms with E-state index in [0.717, 1.165) is 25.3 Å². The molecule has 0 radical (unpaired) electrons. The fourth-order valence-electron chi connectivity index (χ4n) is 2.85. The Labute approximate surface area is 184 Å². The number of halogens is 3. The van der Waals surface area contributed by atoms with Crippen LogP contribution in [0, 0.1) is 6.92 Å². The van der Waals surface area contributed by atoms with Crippen molar-refractivity contribution < 1.29 is 36.9 Å². The molecule has 12 heteroatoms. The van der Waals surface area contributed by atoms with E-state index in [1.54, 1.807) is 0 Å². The Morgan fingerprint density at radius 1 is 1.03 bits per heavy atom. The zero-order chi connectivity index (χ0) is 24.2. The molecule has 0 saturated heterocycles. The van der Waals surface area contributed by atoms with Crippen LogP contribution in [0.2, 0.25) is 0 Å². The van der Waals surface area contributed by atoms with Crippen molar-refractivity contribution in [2.45, 2.75) is 19.6 Å². The number of esters is 1. The number of benzene rings is 2.